The first-order valence-corrected chi connectivity index (χ1v) is 20.8. The zero-order chi connectivity index (χ0) is 46.9. The third-order valence-electron chi connectivity index (χ3n) is 12.3. The molecular formula is C37H62Ac16NO26-. The summed E-state index contributed by atoms with van der Waals surface area (Å²) in [6, 6.07) is -1.73. The fraction of sp³-hybridized carbons (Fsp3) is 0.946. The van der Waals surface area contributed by atoms with Gasteiger partial charge in [-0.05, 0) is 19.4 Å². The molecule has 16 radical (unpaired) electrons. The molecule has 0 aromatic rings. The van der Waals surface area contributed by atoms with Crippen molar-refractivity contribution >= 4 is 0 Å². The van der Waals surface area contributed by atoms with Crippen LogP contribution >= 0.6 is 0 Å². The largest absolute Gasteiger partial charge is 0.670 e. The molecule has 420 valence electrons. The van der Waals surface area contributed by atoms with Crippen molar-refractivity contribution in [3.8, 4) is 0 Å². The van der Waals surface area contributed by atoms with E-state index in [1.165, 1.54) is 13.2 Å². The van der Waals surface area contributed by atoms with E-state index in [1.54, 1.807) is 13.0 Å². The molecular weight excluding hydrogens is 4510 g/mol. The Labute approximate surface area is 1040 Å². The van der Waals surface area contributed by atoms with Crippen LogP contribution in [-0.2, 0) is 52.1 Å². The van der Waals surface area contributed by atoms with E-state index in [2.05, 4.69) is 0 Å². The Bertz CT molecular complexity index is 1550. The minimum Gasteiger partial charge on any atom is -0.670 e. The van der Waals surface area contributed by atoms with Crippen LogP contribution in [-0.4, -0.2) is 269 Å². The van der Waals surface area contributed by atoms with E-state index in [1.807, 2.05) is 0 Å². The van der Waals surface area contributed by atoms with Crippen molar-refractivity contribution < 1.29 is 834 Å². The number of nitrogens with one attached hydrogen (secondary N) is 1. The van der Waals surface area contributed by atoms with E-state index >= 15 is 0 Å². The van der Waals surface area contributed by atoms with Crippen LogP contribution in [0, 0.1) is 711 Å². The van der Waals surface area contributed by atoms with Crippen molar-refractivity contribution in [1.29, 1.82) is 0 Å². The molecule has 6 aliphatic heterocycles. The zero-order valence-corrected chi connectivity index (χ0v) is 120. The molecule has 6 aliphatic rings. The van der Waals surface area contributed by atoms with E-state index in [9.17, 15) is 76.6 Å². The van der Waals surface area contributed by atoms with Crippen LogP contribution < -0.4 is 0 Å². The minimum atomic E-state index is -2.74. The molecule has 0 aliphatic carbocycles. The Kier molecular flexibility index (Phi) is 101. The topological polar surface area (TPSA) is 429 Å². The molecule has 6 heterocycles. The summed E-state index contributed by atoms with van der Waals surface area (Å²) < 4.78 is 62.4. The van der Waals surface area contributed by atoms with Crippen molar-refractivity contribution in [3.05, 3.63) is 18.1 Å². The predicted octanol–water partition coefficient (Wildman–Crippen LogP) is -8.55. The Morgan fingerprint density at radius 3 is 1.34 bits per heavy atom. The Morgan fingerprint density at radius 2 is 0.825 bits per heavy atom. The number of hydrogen-bond donors (Lipinski definition) is 15. The second-order valence-electron chi connectivity index (χ2n) is 16.7. The summed E-state index contributed by atoms with van der Waals surface area (Å²) >= 11 is 0. The minimum absolute atomic E-state index is 0. The summed E-state index contributed by atoms with van der Waals surface area (Å²) in [5, 5.41) is 160. The van der Waals surface area contributed by atoms with Crippen molar-refractivity contribution in [2.75, 3.05) is 33.0 Å². The predicted molar refractivity (Wildman–Crippen MR) is 200 cm³/mol. The van der Waals surface area contributed by atoms with E-state index < -0.39 is 199 Å². The maximum atomic E-state index is 11.8. The van der Waals surface area contributed by atoms with Gasteiger partial charge in [-0.15, -0.1) is 0 Å². The standard InChI is InChI=1S/C37H62NO26.16Ac/c1-11-3-4-54-16(8-41)28(11)60-34-26(51)24(49)29(17(9-42)58-34)61-35-27(52)30(21(46)15(7-40)56-35)62-32-13(38)5-37(53,18(10-43)59-32)64-36-31(23(48)20(45)14(6-39)57-36)63-33-25(50)22(47)19(44)12(2)55-33;;;;;;;;;;;;;;;;/h3-4,11-36,38-53H,5-10H2,1-2H3;;;;;;;;;;;;;;;;/q-1;;;;;;;;;;;;;;;;/t11?,12?,13?,14?,15?,16?,17?,18?,19-,20+,21+,22?,23?,24?,25?,26?,27?,28+,29+,30?,31?,32?,33+,34+,35-,36+,37+;;;;;;;;;;;;;;;;/m1................/s1. The monoisotopic (exact) mass is 4570 g/mol. The molecule has 0 spiro atoms. The molecule has 16 N–H and O–H groups in total. The van der Waals surface area contributed by atoms with Gasteiger partial charge in [-0.3, -0.25) is 0 Å². The van der Waals surface area contributed by atoms with Crippen LogP contribution in [0.2, 0.25) is 0 Å². The molecule has 0 bridgehead atoms. The molecule has 5 saturated heterocycles. The van der Waals surface area contributed by atoms with E-state index in [0.29, 0.717) is 0 Å². The maximum Gasteiger partial charge on any atom is 0.196 e. The second kappa shape index (κ2) is 64.2. The van der Waals surface area contributed by atoms with Crippen molar-refractivity contribution in [1.82, 2.24) is 0 Å². The van der Waals surface area contributed by atoms with Gasteiger partial charge in [-0.2, -0.15) is 0 Å². The number of aliphatic hydroxyl groups excluding tert-OH is 14. The van der Waals surface area contributed by atoms with Gasteiger partial charge in [0.2, 0.25) is 0 Å². The Hall–Kier alpha value is 21.6. The quantitative estimate of drug-likeness (QED) is 0.0677. The summed E-state index contributed by atoms with van der Waals surface area (Å²) in [5.41, 5.74) is 8.81. The average Bonchev–Trinajstić information content (AvgIpc) is 3.27. The smallest absolute Gasteiger partial charge is 0.196 e. The first kappa shape index (κ1) is 125. The Balaban J connectivity index is -0.000000331. The fourth-order valence-corrected chi connectivity index (χ4v) is 8.40. The van der Waals surface area contributed by atoms with Crippen LogP contribution in [0.15, 0.2) is 12.3 Å². The number of aliphatic hydroxyl groups is 15. The van der Waals surface area contributed by atoms with Crippen molar-refractivity contribution in [2.45, 2.75) is 180 Å². The van der Waals surface area contributed by atoms with Gasteiger partial charge in [-0.1, -0.05) is 13.0 Å². The first-order chi connectivity index (χ1) is 30.3. The van der Waals surface area contributed by atoms with Crippen molar-refractivity contribution in [2.24, 2.45) is 5.92 Å². The summed E-state index contributed by atoms with van der Waals surface area (Å²) in [7, 11) is 0. The van der Waals surface area contributed by atoms with Crippen molar-refractivity contribution in [3.63, 3.8) is 0 Å². The molecule has 0 amide bonds. The summed E-state index contributed by atoms with van der Waals surface area (Å²) in [4.78, 5) is 0. The van der Waals surface area contributed by atoms with E-state index in [-0.39, 0.29) is 711 Å². The molecule has 0 aromatic carbocycles. The molecule has 5 fully saturated rings. The van der Waals surface area contributed by atoms with Crippen LogP contribution in [0.1, 0.15) is 20.3 Å². The zero-order valence-electron chi connectivity index (χ0n) is 43.8. The SMILES string of the molecule is CC1O[C@@H](OC2C(O)[C@@H](O)C(CO)O[C@H]2O[C@@]2(O)CC([NH-])C(OC3C(O)[C@@H](O[C@H]4C(CO)O[C@@H](O[C@H]5C(C)C=COC5CO)C(O)C4O)OC(CO)[C@@H]3O)OC2CO)C(O)C(O)[C@@H]1O.[Ac].[Ac].[Ac].[Ac].[Ac].[Ac].[Ac].[Ac].[Ac].[Ac].[Ac].[Ac].[Ac].[Ac].[Ac].[Ac]. The van der Waals surface area contributed by atoms with Gasteiger partial charge >= 0.3 is 0 Å². The molecule has 17 unspecified atom stereocenters. The molecule has 43 heteroatoms. The summed E-state index contributed by atoms with van der Waals surface area (Å²) in [5.74, 6) is -3.08. The van der Waals surface area contributed by atoms with Crippen LogP contribution in [0.3, 0.4) is 0 Å². The number of hydrogen-bond acceptors (Lipinski definition) is 26. The molecule has 0 aromatic heterocycles. The molecule has 6 rings (SSSR count). The van der Waals surface area contributed by atoms with Gasteiger partial charge in [0.05, 0.1) is 45.4 Å². The molecule has 27 atom stereocenters. The van der Waals surface area contributed by atoms with Gasteiger partial charge in [0.1, 0.15) is 116 Å². The third-order valence-corrected chi connectivity index (χ3v) is 12.3. The molecule has 27 nitrogen and oxygen atoms in total. The summed E-state index contributed by atoms with van der Waals surface area (Å²) in [6.07, 6.45) is -38.4. The van der Waals surface area contributed by atoms with Gasteiger partial charge in [0.25, 0.3) is 0 Å². The fourth-order valence-electron chi connectivity index (χ4n) is 8.40. The number of rotatable bonds is 15. The first-order valence-electron chi connectivity index (χ1n) is 20.8. The third kappa shape index (κ3) is 35.3. The van der Waals surface area contributed by atoms with Gasteiger partial charge < -0.3 is 134 Å². The van der Waals surface area contributed by atoms with Gasteiger partial charge in [0.15, 0.2) is 30.9 Å². The average molecular weight is 4570 g/mol. The van der Waals surface area contributed by atoms with Gasteiger partial charge in [0, 0.05) is 711 Å². The van der Waals surface area contributed by atoms with E-state index in [0.717, 1.165) is 0 Å². The number of ether oxygens (including phenoxy) is 11. The van der Waals surface area contributed by atoms with E-state index in [4.69, 9.17) is 57.8 Å². The summed E-state index contributed by atoms with van der Waals surface area (Å²) in [6.45, 7) is -1.11. The van der Waals surface area contributed by atoms with Gasteiger partial charge in [-0.25, -0.2) is 0 Å². The molecule has 80 heavy (non-hydrogen) atoms. The molecule has 0 saturated carbocycles. The van der Waals surface area contributed by atoms with Crippen LogP contribution in [0.25, 0.3) is 5.73 Å². The van der Waals surface area contributed by atoms with Crippen LogP contribution in [0.4, 0.5) is 0 Å². The maximum absolute atomic E-state index is 11.8. The van der Waals surface area contributed by atoms with Crippen LogP contribution in [0.5, 0.6) is 0 Å². The Morgan fingerprint density at radius 1 is 0.412 bits per heavy atom. The second-order valence-corrected chi connectivity index (χ2v) is 16.7. The normalized spacial score (nSPS) is 42.1.